The van der Waals surface area contributed by atoms with Crippen molar-refractivity contribution in [2.24, 2.45) is 17.6 Å². The maximum absolute atomic E-state index is 11.6. The number of hydrogen-bond donors (Lipinski definition) is 2. The van der Waals surface area contributed by atoms with Gasteiger partial charge in [-0.05, 0) is 44.6 Å². The molecule has 2 fully saturated rings. The van der Waals surface area contributed by atoms with Gasteiger partial charge in [-0.15, -0.1) is 0 Å². The second kappa shape index (κ2) is 4.30. The van der Waals surface area contributed by atoms with Crippen molar-refractivity contribution >= 4 is 5.91 Å². The Bertz CT molecular complexity index is 213. The molecule has 2 aliphatic rings. The van der Waals surface area contributed by atoms with E-state index >= 15 is 0 Å². The molecule has 80 valence electrons. The van der Waals surface area contributed by atoms with Crippen LogP contribution in [0.3, 0.4) is 0 Å². The minimum absolute atomic E-state index is 0.291. The largest absolute Gasteiger partial charge is 0.353 e. The molecule has 2 saturated carbocycles. The van der Waals surface area contributed by atoms with E-state index in [1.165, 1.54) is 12.8 Å². The summed E-state index contributed by atoms with van der Waals surface area (Å²) in [6.07, 6.45) is 6.83. The number of rotatable bonds is 3. The lowest BCUT2D eigenvalue weighted by atomic mass is 9.84. The van der Waals surface area contributed by atoms with Crippen molar-refractivity contribution in [3.8, 4) is 0 Å². The summed E-state index contributed by atoms with van der Waals surface area (Å²) in [4.78, 5) is 11.6. The lowest BCUT2D eigenvalue weighted by Crippen LogP contribution is -2.40. The van der Waals surface area contributed by atoms with Gasteiger partial charge in [0.25, 0.3) is 0 Å². The summed E-state index contributed by atoms with van der Waals surface area (Å²) in [5, 5.41) is 3.15. The molecule has 2 atom stereocenters. The molecule has 0 aromatic rings. The molecule has 0 heterocycles. The fourth-order valence-electron chi connectivity index (χ4n) is 2.41. The average molecular weight is 196 g/mol. The lowest BCUT2D eigenvalue weighted by Gasteiger charge is -2.26. The minimum Gasteiger partial charge on any atom is -0.353 e. The van der Waals surface area contributed by atoms with Gasteiger partial charge in [-0.25, -0.2) is 0 Å². The maximum atomic E-state index is 11.6. The number of nitrogens with one attached hydrogen (secondary N) is 1. The molecular formula is C11H20N2O. The SMILES string of the molecule is NC[C@H]1CC[C@@H](NC(=O)C2CCC2)C1. The van der Waals surface area contributed by atoms with Gasteiger partial charge in [-0.2, -0.15) is 0 Å². The van der Waals surface area contributed by atoms with E-state index in [1.54, 1.807) is 0 Å². The first-order valence-electron chi connectivity index (χ1n) is 5.80. The van der Waals surface area contributed by atoms with Crippen LogP contribution in [0.5, 0.6) is 0 Å². The Morgan fingerprint density at radius 3 is 2.57 bits per heavy atom. The molecule has 0 spiro atoms. The smallest absolute Gasteiger partial charge is 0.223 e. The highest BCUT2D eigenvalue weighted by Gasteiger charge is 2.29. The molecular weight excluding hydrogens is 176 g/mol. The van der Waals surface area contributed by atoms with Crippen molar-refractivity contribution in [3.63, 3.8) is 0 Å². The first kappa shape index (κ1) is 9.97. The van der Waals surface area contributed by atoms with E-state index in [0.29, 0.717) is 23.8 Å². The van der Waals surface area contributed by atoms with Crippen LogP contribution in [0.15, 0.2) is 0 Å². The van der Waals surface area contributed by atoms with Crippen molar-refractivity contribution in [1.29, 1.82) is 0 Å². The van der Waals surface area contributed by atoms with E-state index in [9.17, 15) is 4.79 Å². The quantitative estimate of drug-likeness (QED) is 0.708. The van der Waals surface area contributed by atoms with Gasteiger partial charge in [0.2, 0.25) is 5.91 Å². The lowest BCUT2D eigenvalue weighted by molar-refractivity contribution is -0.128. The predicted octanol–water partition coefficient (Wildman–Crippen LogP) is 1.03. The Kier molecular flexibility index (Phi) is 3.06. The number of carbonyl (C=O) groups is 1. The molecule has 1 amide bonds. The molecule has 3 nitrogen and oxygen atoms in total. The Balaban J connectivity index is 1.72. The van der Waals surface area contributed by atoms with Crippen LogP contribution in [-0.2, 0) is 4.79 Å². The molecule has 0 radical (unpaired) electrons. The molecule has 3 N–H and O–H groups in total. The zero-order valence-electron chi connectivity index (χ0n) is 8.67. The Labute approximate surface area is 85.4 Å². The van der Waals surface area contributed by atoms with Crippen molar-refractivity contribution in [3.05, 3.63) is 0 Å². The molecule has 0 bridgehead atoms. The molecule has 2 aliphatic carbocycles. The van der Waals surface area contributed by atoms with Gasteiger partial charge >= 0.3 is 0 Å². The number of nitrogens with two attached hydrogens (primary N) is 1. The van der Waals surface area contributed by atoms with Crippen LogP contribution < -0.4 is 11.1 Å². The van der Waals surface area contributed by atoms with Gasteiger partial charge in [0.1, 0.15) is 0 Å². The fraction of sp³-hybridized carbons (Fsp3) is 0.909. The van der Waals surface area contributed by atoms with Gasteiger partial charge in [0, 0.05) is 12.0 Å². The second-order valence-electron chi connectivity index (χ2n) is 4.75. The van der Waals surface area contributed by atoms with Crippen LogP contribution in [0.25, 0.3) is 0 Å². The van der Waals surface area contributed by atoms with E-state index < -0.39 is 0 Å². The van der Waals surface area contributed by atoms with Crippen molar-refractivity contribution in [1.82, 2.24) is 5.32 Å². The highest BCUT2D eigenvalue weighted by atomic mass is 16.2. The third-order valence-electron chi connectivity index (χ3n) is 3.70. The third-order valence-corrected chi connectivity index (χ3v) is 3.70. The molecule has 0 unspecified atom stereocenters. The Morgan fingerprint density at radius 1 is 1.29 bits per heavy atom. The molecule has 2 rings (SSSR count). The molecule has 0 aliphatic heterocycles. The van der Waals surface area contributed by atoms with Crippen molar-refractivity contribution < 1.29 is 4.79 Å². The normalized spacial score (nSPS) is 32.6. The standard InChI is InChI=1S/C11H20N2O/c12-7-8-4-5-10(6-8)13-11(14)9-2-1-3-9/h8-10H,1-7,12H2,(H,13,14)/t8-,10+/m0/s1. The van der Waals surface area contributed by atoms with Crippen LogP contribution in [0.2, 0.25) is 0 Å². The van der Waals surface area contributed by atoms with Gasteiger partial charge in [0.05, 0.1) is 0 Å². The first-order valence-corrected chi connectivity index (χ1v) is 5.80. The summed E-state index contributed by atoms with van der Waals surface area (Å²) in [5.74, 6) is 1.26. The highest BCUT2D eigenvalue weighted by Crippen LogP contribution is 2.28. The molecule has 0 saturated heterocycles. The monoisotopic (exact) mass is 196 g/mol. The molecule has 0 aromatic heterocycles. The third kappa shape index (κ3) is 2.08. The van der Waals surface area contributed by atoms with Crippen LogP contribution in [0, 0.1) is 11.8 Å². The van der Waals surface area contributed by atoms with E-state index in [1.807, 2.05) is 0 Å². The van der Waals surface area contributed by atoms with Crippen LogP contribution in [0.4, 0.5) is 0 Å². The number of carbonyl (C=O) groups excluding carboxylic acids is 1. The van der Waals surface area contributed by atoms with Gasteiger partial charge in [-0.3, -0.25) is 4.79 Å². The fourth-order valence-corrected chi connectivity index (χ4v) is 2.41. The highest BCUT2D eigenvalue weighted by molar-refractivity contribution is 5.79. The number of hydrogen-bond acceptors (Lipinski definition) is 2. The van der Waals surface area contributed by atoms with E-state index in [-0.39, 0.29) is 0 Å². The topological polar surface area (TPSA) is 55.1 Å². The Morgan fingerprint density at radius 2 is 2.07 bits per heavy atom. The van der Waals surface area contributed by atoms with E-state index in [0.717, 1.165) is 32.2 Å². The summed E-state index contributed by atoms with van der Waals surface area (Å²) in [5.41, 5.74) is 5.61. The average Bonchev–Trinajstić information content (AvgIpc) is 2.48. The van der Waals surface area contributed by atoms with Gasteiger partial charge < -0.3 is 11.1 Å². The summed E-state index contributed by atoms with van der Waals surface area (Å²) in [7, 11) is 0. The number of amides is 1. The van der Waals surface area contributed by atoms with Crippen LogP contribution in [-0.4, -0.2) is 18.5 Å². The van der Waals surface area contributed by atoms with Gasteiger partial charge in [0.15, 0.2) is 0 Å². The summed E-state index contributed by atoms with van der Waals surface area (Å²) < 4.78 is 0. The summed E-state index contributed by atoms with van der Waals surface area (Å²) in [6.45, 7) is 0.774. The molecule has 14 heavy (non-hydrogen) atoms. The zero-order valence-corrected chi connectivity index (χ0v) is 8.67. The van der Waals surface area contributed by atoms with Crippen LogP contribution in [0.1, 0.15) is 38.5 Å². The maximum Gasteiger partial charge on any atom is 0.223 e. The predicted molar refractivity (Wildman–Crippen MR) is 55.7 cm³/mol. The minimum atomic E-state index is 0.291. The van der Waals surface area contributed by atoms with Crippen molar-refractivity contribution in [2.45, 2.75) is 44.6 Å². The van der Waals surface area contributed by atoms with E-state index in [4.69, 9.17) is 5.73 Å². The van der Waals surface area contributed by atoms with E-state index in [2.05, 4.69) is 5.32 Å². The van der Waals surface area contributed by atoms with Crippen LogP contribution >= 0.6 is 0 Å². The summed E-state index contributed by atoms with van der Waals surface area (Å²) in [6, 6.07) is 0.414. The zero-order chi connectivity index (χ0) is 9.97. The molecule has 3 heteroatoms. The first-order chi connectivity index (χ1) is 6.79. The Hall–Kier alpha value is -0.570. The summed E-state index contributed by atoms with van der Waals surface area (Å²) >= 11 is 0. The van der Waals surface area contributed by atoms with Gasteiger partial charge in [-0.1, -0.05) is 6.42 Å². The second-order valence-corrected chi connectivity index (χ2v) is 4.75. The van der Waals surface area contributed by atoms with Crippen molar-refractivity contribution in [2.75, 3.05) is 6.54 Å². The molecule has 0 aromatic carbocycles.